The maximum Gasteiger partial charge on any atom is 0.229 e. The Kier molecular flexibility index (Phi) is 5.56. The van der Waals surface area contributed by atoms with Crippen molar-refractivity contribution in [2.24, 2.45) is 5.10 Å². The molecule has 1 N–H and O–H groups in total. The van der Waals surface area contributed by atoms with Crippen molar-refractivity contribution in [2.75, 3.05) is 48.5 Å². The first-order valence-electron chi connectivity index (χ1n) is 11.5. The highest BCUT2D eigenvalue weighted by Crippen LogP contribution is 2.38. The molecule has 1 unspecified atom stereocenters. The molecule has 0 spiro atoms. The van der Waals surface area contributed by atoms with Gasteiger partial charge in [-0.05, 0) is 60.5 Å². The molecule has 9 heteroatoms. The molecule has 8 nitrogen and oxygen atoms in total. The van der Waals surface area contributed by atoms with Crippen LogP contribution in [-0.4, -0.2) is 59.3 Å². The molecular weight excluding hydrogens is 444 g/mol. The molecule has 1 aromatic carbocycles. The van der Waals surface area contributed by atoms with Crippen LogP contribution in [0.5, 0.6) is 0 Å². The zero-order valence-corrected chi connectivity index (χ0v) is 19.8. The van der Waals surface area contributed by atoms with Gasteiger partial charge in [-0.1, -0.05) is 0 Å². The van der Waals surface area contributed by atoms with E-state index < -0.39 is 0 Å². The van der Waals surface area contributed by atoms with Crippen LogP contribution in [0.3, 0.4) is 0 Å². The molecule has 2 aliphatic rings. The Morgan fingerprint density at radius 1 is 0.941 bits per heavy atom. The standard InChI is InChI=1S/C25H26N8S/c1-31-13-15-32(16-14-31)20-4-2-19(3-5-20)28-25-29-21-9-17-34-23(21)24(30-25)33-22(8-12-27-33)18-6-10-26-11-7-18/h2-7,9-12,17,22H,8,13-16H2,1H3,(H,28,29,30). The molecule has 0 bridgehead atoms. The number of thiophene rings is 1. The third-order valence-corrected chi connectivity index (χ3v) is 7.31. The lowest BCUT2D eigenvalue weighted by atomic mass is 10.1. The highest BCUT2D eigenvalue weighted by molar-refractivity contribution is 7.17. The second-order valence-corrected chi connectivity index (χ2v) is 9.56. The molecule has 4 aromatic rings. The largest absolute Gasteiger partial charge is 0.369 e. The number of hydrogen-bond acceptors (Lipinski definition) is 9. The fourth-order valence-corrected chi connectivity index (χ4v) is 5.30. The molecule has 0 aliphatic carbocycles. The molecule has 0 saturated carbocycles. The average Bonchev–Trinajstić information content (AvgIpc) is 3.55. The molecule has 172 valence electrons. The van der Waals surface area contributed by atoms with E-state index in [9.17, 15) is 0 Å². The lowest BCUT2D eigenvalue weighted by Crippen LogP contribution is -2.44. The molecule has 6 rings (SSSR count). The number of likely N-dealkylation sites (N-methyl/N-ethyl adjacent to an activating group) is 1. The quantitative estimate of drug-likeness (QED) is 0.460. The minimum absolute atomic E-state index is 0.0962. The number of nitrogens with zero attached hydrogens (tertiary/aromatic N) is 7. The number of rotatable bonds is 5. The summed E-state index contributed by atoms with van der Waals surface area (Å²) in [5.41, 5.74) is 4.31. The maximum atomic E-state index is 4.92. The zero-order valence-electron chi connectivity index (χ0n) is 19.0. The molecule has 2 aliphatic heterocycles. The number of benzene rings is 1. The average molecular weight is 471 g/mol. The molecule has 1 fully saturated rings. The first kappa shape index (κ1) is 21.0. The summed E-state index contributed by atoms with van der Waals surface area (Å²) >= 11 is 1.64. The summed E-state index contributed by atoms with van der Waals surface area (Å²) in [6, 6.07) is 14.8. The smallest absolute Gasteiger partial charge is 0.229 e. The molecule has 0 radical (unpaired) electrons. The van der Waals surface area contributed by atoms with E-state index in [0.29, 0.717) is 5.95 Å². The Hall–Kier alpha value is -3.56. The second kappa shape index (κ2) is 9.00. The third kappa shape index (κ3) is 4.08. The predicted octanol–water partition coefficient (Wildman–Crippen LogP) is 4.52. The summed E-state index contributed by atoms with van der Waals surface area (Å²) in [6.45, 7) is 4.30. The molecule has 1 saturated heterocycles. The minimum atomic E-state index is 0.0962. The van der Waals surface area contributed by atoms with Gasteiger partial charge in [-0.15, -0.1) is 11.3 Å². The third-order valence-electron chi connectivity index (χ3n) is 6.42. The van der Waals surface area contributed by atoms with Crippen molar-refractivity contribution in [2.45, 2.75) is 12.5 Å². The molecule has 3 aromatic heterocycles. The summed E-state index contributed by atoms with van der Waals surface area (Å²) in [7, 11) is 2.18. The number of hydrogen-bond donors (Lipinski definition) is 1. The molecule has 5 heterocycles. The van der Waals surface area contributed by atoms with Crippen LogP contribution in [0.4, 0.5) is 23.1 Å². The first-order chi connectivity index (χ1) is 16.7. The highest BCUT2D eigenvalue weighted by atomic mass is 32.1. The van der Waals surface area contributed by atoms with Gasteiger partial charge in [0.1, 0.15) is 0 Å². The van der Waals surface area contributed by atoms with Crippen LogP contribution in [0.1, 0.15) is 18.0 Å². The van der Waals surface area contributed by atoms with Crippen molar-refractivity contribution in [1.29, 1.82) is 0 Å². The van der Waals surface area contributed by atoms with E-state index in [4.69, 9.17) is 9.97 Å². The topological polar surface area (TPSA) is 72.8 Å². The van der Waals surface area contributed by atoms with Crippen molar-refractivity contribution >= 4 is 50.9 Å². The van der Waals surface area contributed by atoms with E-state index in [2.05, 4.69) is 61.9 Å². The summed E-state index contributed by atoms with van der Waals surface area (Å²) in [5, 5.41) is 12.2. The summed E-state index contributed by atoms with van der Waals surface area (Å²) < 4.78 is 1.04. The van der Waals surface area contributed by atoms with Crippen molar-refractivity contribution in [3.05, 3.63) is 65.8 Å². The van der Waals surface area contributed by atoms with Gasteiger partial charge >= 0.3 is 0 Å². The predicted molar refractivity (Wildman–Crippen MR) is 139 cm³/mol. The fourth-order valence-electron chi connectivity index (χ4n) is 4.49. The summed E-state index contributed by atoms with van der Waals surface area (Å²) in [5.74, 6) is 1.40. The zero-order chi connectivity index (χ0) is 22.9. The van der Waals surface area contributed by atoms with E-state index >= 15 is 0 Å². The number of nitrogens with one attached hydrogen (secondary N) is 1. The van der Waals surface area contributed by atoms with Crippen LogP contribution < -0.4 is 15.2 Å². The highest BCUT2D eigenvalue weighted by Gasteiger charge is 2.28. The second-order valence-electron chi connectivity index (χ2n) is 8.64. The first-order valence-corrected chi connectivity index (χ1v) is 12.4. The van der Waals surface area contributed by atoms with Crippen LogP contribution in [-0.2, 0) is 0 Å². The van der Waals surface area contributed by atoms with E-state index in [1.54, 1.807) is 11.3 Å². The van der Waals surface area contributed by atoms with Gasteiger partial charge in [0, 0.05) is 62.6 Å². The normalized spacial score (nSPS) is 18.7. The molecular formula is C25H26N8S. The molecule has 1 atom stereocenters. The number of anilines is 4. The van der Waals surface area contributed by atoms with Gasteiger partial charge in [0.25, 0.3) is 0 Å². The van der Waals surface area contributed by atoms with Gasteiger partial charge in [-0.25, -0.2) is 9.99 Å². The van der Waals surface area contributed by atoms with Gasteiger partial charge in [-0.2, -0.15) is 10.1 Å². The van der Waals surface area contributed by atoms with Crippen molar-refractivity contribution in [1.82, 2.24) is 19.9 Å². The number of aromatic nitrogens is 3. The van der Waals surface area contributed by atoms with E-state index in [1.165, 1.54) is 11.3 Å². The van der Waals surface area contributed by atoms with Gasteiger partial charge in [0.05, 0.1) is 16.3 Å². The van der Waals surface area contributed by atoms with E-state index in [0.717, 1.165) is 54.3 Å². The van der Waals surface area contributed by atoms with Gasteiger partial charge < -0.3 is 15.1 Å². The maximum absolute atomic E-state index is 4.92. The minimum Gasteiger partial charge on any atom is -0.369 e. The number of piperazine rings is 1. The van der Waals surface area contributed by atoms with Gasteiger partial charge in [-0.3, -0.25) is 4.98 Å². The van der Waals surface area contributed by atoms with Crippen molar-refractivity contribution in [3.8, 4) is 0 Å². The van der Waals surface area contributed by atoms with Crippen LogP contribution in [0.15, 0.2) is 65.3 Å². The van der Waals surface area contributed by atoms with Crippen molar-refractivity contribution in [3.63, 3.8) is 0 Å². The Labute approximate surface area is 202 Å². The van der Waals surface area contributed by atoms with Crippen LogP contribution >= 0.6 is 11.3 Å². The molecule has 0 amide bonds. The Bertz CT molecular complexity index is 1300. The number of pyridine rings is 1. The monoisotopic (exact) mass is 470 g/mol. The Morgan fingerprint density at radius 2 is 1.74 bits per heavy atom. The van der Waals surface area contributed by atoms with Crippen LogP contribution in [0.2, 0.25) is 0 Å². The van der Waals surface area contributed by atoms with E-state index in [-0.39, 0.29) is 6.04 Å². The van der Waals surface area contributed by atoms with E-state index in [1.807, 2.05) is 41.8 Å². The van der Waals surface area contributed by atoms with Gasteiger partial charge in [0.2, 0.25) is 5.95 Å². The Morgan fingerprint density at radius 3 is 2.53 bits per heavy atom. The fraction of sp³-hybridized carbons (Fsp3) is 0.280. The van der Waals surface area contributed by atoms with Gasteiger partial charge in [0.15, 0.2) is 5.82 Å². The number of fused-ring (bicyclic) bond motifs is 1. The van der Waals surface area contributed by atoms with Crippen LogP contribution in [0.25, 0.3) is 10.2 Å². The lowest BCUT2D eigenvalue weighted by molar-refractivity contribution is 0.313. The number of hydrazone groups is 1. The van der Waals surface area contributed by atoms with Crippen molar-refractivity contribution < 1.29 is 0 Å². The molecule has 34 heavy (non-hydrogen) atoms. The lowest BCUT2D eigenvalue weighted by Gasteiger charge is -2.34. The summed E-state index contributed by atoms with van der Waals surface area (Å²) in [4.78, 5) is 18.6. The SMILES string of the molecule is CN1CCN(c2ccc(Nc3nc(N4N=CCC4c4ccncc4)c4sccc4n3)cc2)CC1. The van der Waals surface area contributed by atoms with Crippen LogP contribution in [0, 0.1) is 0 Å². The Balaban J connectivity index is 1.27. The summed E-state index contributed by atoms with van der Waals surface area (Å²) in [6.07, 6.45) is 6.44.